The molecule has 0 amide bonds. The molecule has 6 rings (SSSR count). The van der Waals surface area contributed by atoms with Crippen molar-refractivity contribution < 1.29 is 4.74 Å². The first-order valence-electron chi connectivity index (χ1n) is 10.2. The van der Waals surface area contributed by atoms with Crippen molar-refractivity contribution in [2.24, 2.45) is 0 Å². The number of nitrogens with zero attached hydrogens (tertiary/aromatic N) is 3. The van der Waals surface area contributed by atoms with E-state index in [0.717, 1.165) is 33.6 Å². The standard InChI is InChI=1S/C24H19ClN4OS/c1-30-18-8-7-13(10-17(18)25)11-27-23-20-19-15-5-2-6-16(15)21(19)31-24(20)29-22(28-23)14-4-3-9-26-12-14/h3-5,7-10,12,16H,2,6,11H2,1H3,(H,27,28,29). The summed E-state index contributed by atoms with van der Waals surface area (Å²) in [6, 6.07) is 9.73. The lowest BCUT2D eigenvalue weighted by atomic mass is 9.80. The van der Waals surface area contributed by atoms with Crippen LogP contribution in [0.1, 0.15) is 34.8 Å². The highest BCUT2D eigenvalue weighted by Crippen LogP contribution is 2.59. The summed E-state index contributed by atoms with van der Waals surface area (Å²) in [6.45, 7) is 0.607. The number of aromatic nitrogens is 3. The maximum atomic E-state index is 6.32. The van der Waals surface area contributed by atoms with Gasteiger partial charge in [0.2, 0.25) is 0 Å². The number of anilines is 1. The predicted octanol–water partition coefficient (Wildman–Crippen LogP) is 6.30. The van der Waals surface area contributed by atoms with Gasteiger partial charge < -0.3 is 10.1 Å². The van der Waals surface area contributed by atoms with Crippen molar-refractivity contribution in [3.8, 4) is 17.1 Å². The Balaban J connectivity index is 1.44. The molecule has 0 bridgehead atoms. The number of thiophene rings is 1. The van der Waals surface area contributed by atoms with E-state index >= 15 is 0 Å². The summed E-state index contributed by atoms with van der Waals surface area (Å²) in [6.07, 6.45) is 8.31. The van der Waals surface area contributed by atoms with Crippen LogP contribution in [0.2, 0.25) is 5.02 Å². The van der Waals surface area contributed by atoms with Gasteiger partial charge >= 0.3 is 0 Å². The zero-order chi connectivity index (χ0) is 20.9. The third-order valence-corrected chi connectivity index (χ3v) is 7.47. The molecule has 0 radical (unpaired) electrons. The van der Waals surface area contributed by atoms with Crippen molar-refractivity contribution in [3.05, 3.63) is 69.8 Å². The van der Waals surface area contributed by atoms with Crippen LogP contribution in [-0.2, 0) is 6.54 Å². The van der Waals surface area contributed by atoms with Crippen LogP contribution >= 0.6 is 22.9 Å². The molecule has 1 atom stereocenters. The fourth-order valence-corrected chi connectivity index (χ4v) is 6.11. The molecule has 7 heteroatoms. The molecule has 4 aromatic rings. The van der Waals surface area contributed by atoms with Crippen molar-refractivity contribution in [3.63, 3.8) is 0 Å². The fraction of sp³-hybridized carbons (Fsp3) is 0.208. The second-order valence-corrected chi connectivity index (χ2v) is 9.21. The molecular formula is C24H19ClN4OS. The van der Waals surface area contributed by atoms with Crippen molar-refractivity contribution in [2.75, 3.05) is 12.4 Å². The summed E-state index contributed by atoms with van der Waals surface area (Å²) < 4.78 is 5.27. The number of hydrogen-bond acceptors (Lipinski definition) is 6. The summed E-state index contributed by atoms with van der Waals surface area (Å²) in [7, 11) is 1.62. The average molecular weight is 447 g/mol. The van der Waals surface area contributed by atoms with Crippen LogP contribution in [0.3, 0.4) is 0 Å². The molecule has 1 unspecified atom stereocenters. The first kappa shape index (κ1) is 18.8. The quantitative estimate of drug-likeness (QED) is 0.389. The van der Waals surface area contributed by atoms with Crippen LogP contribution in [0.25, 0.3) is 27.2 Å². The van der Waals surface area contributed by atoms with Gasteiger partial charge in [-0.15, -0.1) is 11.3 Å². The third-order valence-electron chi connectivity index (χ3n) is 5.97. The molecule has 1 N–H and O–H groups in total. The Morgan fingerprint density at radius 3 is 3.00 bits per heavy atom. The molecule has 0 fully saturated rings. The molecule has 3 heterocycles. The minimum absolute atomic E-state index is 0.587. The number of rotatable bonds is 5. The summed E-state index contributed by atoms with van der Waals surface area (Å²) in [5, 5.41) is 5.29. The van der Waals surface area contributed by atoms with Crippen molar-refractivity contribution in [1.29, 1.82) is 0 Å². The maximum Gasteiger partial charge on any atom is 0.164 e. The molecule has 1 aromatic carbocycles. The highest BCUT2D eigenvalue weighted by Gasteiger charge is 2.39. The van der Waals surface area contributed by atoms with E-state index in [4.69, 9.17) is 26.3 Å². The topological polar surface area (TPSA) is 59.9 Å². The normalized spacial score (nSPS) is 16.5. The Hall–Kier alpha value is -2.96. The number of allylic oxidation sites excluding steroid dienone is 2. The summed E-state index contributed by atoms with van der Waals surface area (Å²) in [4.78, 5) is 16.6. The minimum Gasteiger partial charge on any atom is -0.495 e. The lowest BCUT2D eigenvalue weighted by Gasteiger charge is -2.26. The number of halogens is 1. The van der Waals surface area contributed by atoms with Gasteiger partial charge in [-0.1, -0.05) is 23.7 Å². The minimum atomic E-state index is 0.587. The van der Waals surface area contributed by atoms with Gasteiger partial charge in [-0.25, -0.2) is 9.97 Å². The van der Waals surface area contributed by atoms with Gasteiger partial charge in [0.05, 0.1) is 17.5 Å². The third kappa shape index (κ3) is 3.01. The van der Waals surface area contributed by atoms with Gasteiger partial charge in [0.15, 0.2) is 5.82 Å². The smallest absolute Gasteiger partial charge is 0.164 e. The molecule has 2 aliphatic carbocycles. The van der Waals surface area contributed by atoms with E-state index in [1.165, 1.54) is 22.4 Å². The Morgan fingerprint density at radius 1 is 1.26 bits per heavy atom. The largest absolute Gasteiger partial charge is 0.495 e. The number of fused-ring (bicyclic) bond motifs is 6. The number of pyridine rings is 1. The monoisotopic (exact) mass is 446 g/mol. The summed E-state index contributed by atoms with van der Waals surface area (Å²) >= 11 is 8.12. The van der Waals surface area contributed by atoms with Crippen LogP contribution in [0.15, 0.2) is 48.8 Å². The Morgan fingerprint density at radius 2 is 2.19 bits per heavy atom. The lowest BCUT2D eigenvalue weighted by molar-refractivity contribution is 0.415. The van der Waals surface area contributed by atoms with Gasteiger partial charge in [-0.2, -0.15) is 0 Å². The molecule has 0 aliphatic heterocycles. The van der Waals surface area contributed by atoms with Gasteiger partial charge in [0.25, 0.3) is 0 Å². The molecule has 31 heavy (non-hydrogen) atoms. The summed E-state index contributed by atoms with van der Waals surface area (Å²) in [5.41, 5.74) is 4.78. The first-order valence-corrected chi connectivity index (χ1v) is 11.4. The lowest BCUT2D eigenvalue weighted by Crippen LogP contribution is -2.10. The highest BCUT2D eigenvalue weighted by atomic mass is 35.5. The number of hydrogen-bond donors (Lipinski definition) is 1. The van der Waals surface area contributed by atoms with Crippen LogP contribution in [-0.4, -0.2) is 22.1 Å². The van der Waals surface area contributed by atoms with E-state index in [9.17, 15) is 0 Å². The molecule has 3 aromatic heterocycles. The van der Waals surface area contributed by atoms with Crippen LogP contribution in [0.5, 0.6) is 5.75 Å². The van der Waals surface area contributed by atoms with Crippen molar-refractivity contribution in [1.82, 2.24) is 15.0 Å². The maximum absolute atomic E-state index is 6.32. The van der Waals surface area contributed by atoms with Crippen LogP contribution in [0, 0.1) is 0 Å². The van der Waals surface area contributed by atoms with E-state index in [1.54, 1.807) is 30.8 Å². The zero-order valence-corrected chi connectivity index (χ0v) is 18.4. The number of methoxy groups -OCH3 is 1. The van der Waals surface area contributed by atoms with E-state index in [2.05, 4.69) is 16.4 Å². The Bertz CT molecular complexity index is 1350. The molecule has 0 saturated carbocycles. The molecule has 2 aliphatic rings. The molecule has 0 spiro atoms. The second-order valence-electron chi connectivity index (χ2n) is 7.77. The van der Waals surface area contributed by atoms with Crippen LogP contribution < -0.4 is 10.1 Å². The van der Waals surface area contributed by atoms with Gasteiger partial charge in [0, 0.05) is 40.9 Å². The average Bonchev–Trinajstić information content (AvgIpc) is 3.35. The SMILES string of the molecule is COc1ccc(CNc2nc(-c3cccnc3)nc3sc4c(c23)C2=CCCC24)cc1Cl. The van der Waals surface area contributed by atoms with Crippen molar-refractivity contribution in [2.45, 2.75) is 25.3 Å². The fourth-order valence-electron chi connectivity index (χ4n) is 4.48. The van der Waals surface area contributed by atoms with E-state index < -0.39 is 0 Å². The first-order chi connectivity index (χ1) is 15.2. The zero-order valence-electron chi connectivity index (χ0n) is 16.9. The second kappa shape index (κ2) is 7.32. The van der Waals surface area contributed by atoms with Gasteiger partial charge in [0.1, 0.15) is 16.4 Å². The van der Waals surface area contributed by atoms with Crippen molar-refractivity contribution >= 4 is 44.5 Å². The van der Waals surface area contributed by atoms with Crippen LogP contribution in [0.4, 0.5) is 5.82 Å². The Kier molecular flexibility index (Phi) is 4.44. The highest BCUT2D eigenvalue weighted by molar-refractivity contribution is 7.19. The Labute approximate surface area is 188 Å². The van der Waals surface area contributed by atoms with Gasteiger partial charge in [-0.3, -0.25) is 4.98 Å². The molecule has 5 nitrogen and oxygen atoms in total. The van der Waals surface area contributed by atoms with E-state index in [0.29, 0.717) is 29.1 Å². The number of benzene rings is 1. The predicted molar refractivity (Wildman–Crippen MR) is 126 cm³/mol. The van der Waals surface area contributed by atoms with Gasteiger partial charge in [-0.05, 0) is 48.2 Å². The molecular weight excluding hydrogens is 428 g/mol. The van der Waals surface area contributed by atoms with E-state index in [-0.39, 0.29) is 0 Å². The number of ether oxygens (including phenoxy) is 1. The molecule has 154 valence electrons. The number of nitrogens with one attached hydrogen (secondary N) is 1. The summed E-state index contributed by atoms with van der Waals surface area (Å²) in [5.74, 6) is 2.81. The molecule has 0 saturated heterocycles. The van der Waals surface area contributed by atoms with E-state index in [1.807, 2.05) is 30.3 Å².